The quantitative estimate of drug-likeness (QED) is 0.695. The number of hydrogen-bond acceptors (Lipinski definition) is 5. The van der Waals surface area contributed by atoms with Crippen LogP contribution in [0.15, 0.2) is 0 Å². The summed E-state index contributed by atoms with van der Waals surface area (Å²) in [6.45, 7) is 8.97. The summed E-state index contributed by atoms with van der Waals surface area (Å²) in [5.74, 6) is -0.0337. The first-order chi connectivity index (χ1) is 8.86. The molecule has 108 valence electrons. The highest BCUT2D eigenvalue weighted by Gasteiger charge is 2.35. The van der Waals surface area contributed by atoms with Crippen molar-refractivity contribution in [2.75, 3.05) is 32.8 Å². The predicted octanol–water partition coefficient (Wildman–Crippen LogP) is -0.857. The molecule has 2 heterocycles. The molecule has 0 aliphatic carbocycles. The molecule has 1 atom stereocenters. The number of rotatable bonds is 4. The van der Waals surface area contributed by atoms with E-state index in [-0.39, 0.29) is 42.5 Å². The van der Waals surface area contributed by atoms with Gasteiger partial charge in [0.25, 0.3) is 0 Å². The zero-order valence-corrected chi connectivity index (χ0v) is 11.9. The lowest BCUT2D eigenvalue weighted by Gasteiger charge is -2.47. The average Bonchev–Trinajstić information content (AvgIpc) is 2.64. The number of carbonyl (C=O) groups is 2. The van der Waals surface area contributed by atoms with Gasteiger partial charge in [-0.15, -0.1) is 0 Å². The first-order valence-electron chi connectivity index (χ1n) is 6.74. The van der Waals surface area contributed by atoms with E-state index in [0.717, 1.165) is 13.1 Å². The maximum atomic E-state index is 11.7. The molecule has 2 saturated heterocycles. The molecular weight excluding hydrogens is 246 g/mol. The summed E-state index contributed by atoms with van der Waals surface area (Å²) in [7, 11) is 0. The van der Waals surface area contributed by atoms with E-state index in [1.165, 1.54) is 0 Å². The molecule has 0 aromatic carbocycles. The van der Waals surface area contributed by atoms with Crippen molar-refractivity contribution in [1.82, 2.24) is 15.5 Å². The maximum absolute atomic E-state index is 11.7. The van der Waals surface area contributed by atoms with Crippen LogP contribution in [0.5, 0.6) is 0 Å². The Bertz CT molecular complexity index is 359. The highest BCUT2D eigenvalue weighted by Crippen LogP contribution is 2.20. The van der Waals surface area contributed by atoms with Gasteiger partial charge in [0, 0.05) is 18.6 Å². The summed E-state index contributed by atoms with van der Waals surface area (Å²) in [4.78, 5) is 25.3. The van der Waals surface area contributed by atoms with Gasteiger partial charge in [-0.05, 0) is 20.8 Å². The largest absolute Gasteiger partial charge is 0.372 e. The Labute approximate surface area is 113 Å². The highest BCUT2D eigenvalue weighted by molar-refractivity contribution is 5.87. The van der Waals surface area contributed by atoms with Crippen molar-refractivity contribution >= 4 is 11.7 Å². The van der Waals surface area contributed by atoms with Gasteiger partial charge in [0.1, 0.15) is 6.61 Å². The maximum Gasteiger partial charge on any atom is 0.234 e. The lowest BCUT2D eigenvalue weighted by molar-refractivity contribution is -0.123. The minimum Gasteiger partial charge on any atom is -0.372 e. The van der Waals surface area contributed by atoms with Crippen LogP contribution in [-0.2, 0) is 14.3 Å². The highest BCUT2D eigenvalue weighted by atomic mass is 16.5. The van der Waals surface area contributed by atoms with E-state index < -0.39 is 0 Å². The van der Waals surface area contributed by atoms with E-state index in [1.54, 1.807) is 0 Å². The summed E-state index contributed by atoms with van der Waals surface area (Å²) in [6, 6.07) is -0.0951. The third kappa shape index (κ3) is 3.75. The number of amides is 1. The molecule has 0 spiro atoms. The van der Waals surface area contributed by atoms with Gasteiger partial charge in [0.05, 0.1) is 25.2 Å². The van der Waals surface area contributed by atoms with Crippen LogP contribution in [0.1, 0.15) is 20.8 Å². The Hall–Kier alpha value is -0.980. The van der Waals surface area contributed by atoms with Gasteiger partial charge in [-0.25, -0.2) is 0 Å². The van der Waals surface area contributed by atoms with Gasteiger partial charge in [0.15, 0.2) is 5.78 Å². The number of ether oxygens (including phenoxy) is 1. The van der Waals surface area contributed by atoms with Crippen LogP contribution in [0.3, 0.4) is 0 Å². The van der Waals surface area contributed by atoms with Crippen LogP contribution < -0.4 is 10.6 Å². The molecular formula is C13H23N3O3. The van der Waals surface area contributed by atoms with Gasteiger partial charge >= 0.3 is 0 Å². The van der Waals surface area contributed by atoms with Crippen molar-refractivity contribution in [2.45, 2.75) is 38.4 Å². The van der Waals surface area contributed by atoms with Crippen molar-refractivity contribution in [3.63, 3.8) is 0 Å². The zero-order chi connectivity index (χ0) is 14.0. The second-order valence-electron chi connectivity index (χ2n) is 6.26. The number of ketones is 1. The van der Waals surface area contributed by atoms with Crippen molar-refractivity contribution in [1.29, 1.82) is 0 Å². The molecule has 0 aromatic heterocycles. The van der Waals surface area contributed by atoms with Gasteiger partial charge in [-0.1, -0.05) is 0 Å². The molecule has 0 saturated carbocycles. The molecule has 0 aromatic rings. The molecule has 2 N–H and O–H groups in total. The summed E-state index contributed by atoms with van der Waals surface area (Å²) >= 11 is 0. The van der Waals surface area contributed by atoms with E-state index in [0.29, 0.717) is 6.61 Å². The molecule has 2 aliphatic rings. The number of Topliss-reactive ketones (excluding diaryl/α,β-unsaturated/α-hetero) is 1. The summed E-state index contributed by atoms with van der Waals surface area (Å²) < 4.78 is 5.02. The van der Waals surface area contributed by atoms with E-state index in [4.69, 9.17) is 4.74 Å². The second-order valence-corrected chi connectivity index (χ2v) is 6.26. The molecule has 19 heavy (non-hydrogen) atoms. The molecule has 1 unspecified atom stereocenters. The van der Waals surface area contributed by atoms with Crippen LogP contribution in [0.25, 0.3) is 0 Å². The molecule has 0 radical (unpaired) electrons. The summed E-state index contributed by atoms with van der Waals surface area (Å²) in [5, 5.41) is 5.89. The Morgan fingerprint density at radius 3 is 2.63 bits per heavy atom. The Morgan fingerprint density at radius 1 is 1.42 bits per heavy atom. The molecule has 2 fully saturated rings. The molecule has 2 aliphatic heterocycles. The molecule has 6 heteroatoms. The number of carbonyl (C=O) groups excluding carboxylic acids is 2. The molecule has 2 rings (SSSR count). The minimum absolute atomic E-state index is 0.0235. The molecule has 0 bridgehead atoms. The monoisotopic (exact) mass is 269 g/mol. The average molecular weight is 269 g/mol. The van der Waals surface area contributed by atoms with Gasteiger partial charge in [0.2, 0.25) is 5.91 Å². The number of likely N-dealkylation sites (tertiary alicyclic amines) is 1. The minimum atomic E-state index is -0.321. The number of nitrogens with one attached hydrogen (secondary N) is 2. The van der Waals surface area contributed by atoms with E-state index in [1.807, 2.05) is 0 Å². The van der Waals surface area contributed by atoms with Crippen LogP contribution in [0.2, 0.25) is 0 Å². The Morgan fingerprint density at radius 2 is 2.11 bits per heavy atom. The van der Waals surface area contributed by atoms with Gasteiger partial charge in [-0.3, -0.25) is 19.8 Å². The first kappa shape index (κ1) is 14.4. The fourth-order valence-electron chi connectivity index (χ4n) is 2.26. The van der Waals surface area contributed by atoms with Gasteiger partial charge < -0.3 is 10.1 Å². The van der Waals surface area contributed by atoms with Crippen molar-refractivity contribution in [3.05, 3.63) is 0 Å². The standard InChI is InChI=1S/C13H23N3O3/c1-13(2,3)16-5-9(6-16)15-12(18)4-14-10-7-19-8-11(10)17/h9-10,14H,4-8H2,1-3H3,(H,15,18). The summed E-state index contributed by atoms with van der Waals surface area (Å²) in [5.41, 5.74) is 0.160. The smallest absolute Gasteiger partial charge is 0.234 e. The van der Waals surface area contributed by atoms with Crippen molar-refractivity contribution in [3.8, 4) is 0 Å². The normalized spacial score (nSPS) is 25.4. The number of nitrogens with zero attached hydrogens (tertiary/aromatic N) is 1. The topological polar surface area (TPSA) is 70.7 Å². The molecule has 1 amide bonds. The SMILES string of the molecule is CC(C)(C)N1CC(NC(=O)CNC2COCC2=O)C1. The van der Waals surface area contributed by atoms with E-state index in [2.05, 4.69) is 36.3 Å². The predicted molar refractivity (Wildman–Crippen MR) is 70.9 cm³/mol. The lowest BCUT2D eigenvalue weighted by atomic mass is 9.98. The third-order valence-corrected chi connectivity index (χ3v) is 3.62. The third-order valence-electron chi connectivity index (χ3n) is 3.62. The van der Waals surface area contributed by atoms with Crippen LogP contribution in [0, 0.1) is 0 Å². The van der Waals surface area contributed by atoms with E-state index in [9.17, 15) is 9.59 Å². The van der Waals surface area contributed by atoms with Crippen molar-refractivity contribution < 1.29 is 14.3 Å². The van der Waals surface area contributed by atoms with Crippen LogP contribution in [0.4, 0.5) is 0 Å². The fraction of sp³-hybridized carbons (Fsp3) is 0.846. The number of hydrogen-bond donors (Lipinski definition) is 2. The lowest BCUT2D eigenvalue weighted by Crippen LogP contribution is -2.65. The zero-order valence-electron chi connectivity index (χ0n) is 11.9. The fourth-order valence-corrected chi connectivity index (χ4v) is 2.26. The van der Waals surface area contributed by atoms with Crippen LogP contribution in [-0.4, -0.2) is 67.1 Å². The first-order valence-corrected chi connectivity index (χ1v) is 6.74. The Kier molecular flexibility index (Phi) is 4.23. The van der Waals surface area contributed by atoms with Crippen molar-refractivity contribution in [2.24, 2.45) is 0 Å². The Balaban J connectivity index is 1.62. The molecule has 6 nitrogen and oxygen atoms in total. The van der Waals surface area contributed by atoms with Gasteiger partial charge in [-0.2, -0.15) is 0 Å². The van der Waals surface area contributed by atoms with E-state index >= 15 is 0 Å². The second kappa shape index (κ2) is 5.56. The summed E-state index contributed by atoms with van der Waals surface area (Å²) in [6.07, 6.45) is 0. The van der Waals surface area contributed by atoms with Crippen LogP contribution >= 0.6 is 0 Å².